The lowest BCUT2D eigenvalue weighted by molar-refractivity contribution is -0.145. The number of furan rings is 1. The average Bonchev–Trinajstić information content (AvgIpc) is 3.18. The van der Waals surface area contributed by atoms with E-state index < -0.39 is 5.97 Å². The van der Waals surface area contributed by atoms with E-state index in [1.807, 2.05) is 37.3 Å². The van der Waals surface area contributed by atoms with Gasteiger partial charge in [0, 0.05) is 11.9 Å². The molecule has 27 heavy (non-hydrogen) atoms. The predicted octanol–water partition coefficient (Wildman–Crippen LogP) is 3.47. The maximum absolute atomic E-state index is 12.4. The number of aryl methyl sites for hydroxylation is 1. The lowest BCUT2D eigenvalue weighted by atomic mass is 10.1. The molecule has 2 heterocycles. The molecule has 4 rings (SSSR count). The highest BCUT2D eigenvalue weighted by atomic mass is 16.5. The second-order valence-corrected chi connectivity index (χ2v) is 6.47. The molecule has 0 unspecified atom stereocenters. The molecule has 1 aromatic heterocycles. The Bertz CT molecular complexity index is 1030. The van der Waals surface area contributed by atoms with Gasteiger partial charge in [-0.25, -0.2) is 0 Å². The molecule has 0 saturated carbocycles. The maximum atomic E-state index is 12.4. The molecule has 0 spiro atoms. The number of rotatable bonds is 5. The molecule has 0 radical (unpaired) electrons. The SMILES string of the molecule is Cc1ccc2c(c1)C(=O)N(CCC(=O)OCc1cc3ccccc3o1)C2=O. The molecular weight excluding hydrogens is 346 g/mol. The van der Waals surface area contributed by atoms with E-state index in [2.05, 4.69) is 0 Å². The highest BCUT2D eigenvalue weighted by Gasteiger charge is 2.35. The van der Waals surface area contributed by atoms with Gasteiger partial charge in [0.1, 0.15) is 18.0 Å². The van der Waals surface area contributed by atoms with Gasteiger partial charge in [0.25, 0.3) is 11.8 Å². The number of carbonyl (C=O) groups is 3. The number of esters is 1. The van der Waals surface area contributed by atoms with Crippen molar-refractivity contribution in [2.24, 2.45) is 0 Å². The third-order valence-corrected chi connectivity index (χ3v) is 4.52. The number of ether oxygens (including phenoxy) is 1. The Balaban J connectivity index is 1.34. The number of amides is 2. The van der Waals surface area contributed by atoms with Crippen LogP contribution in [0.5, 0.6) is 0 Å². The molecule has 0 bridgehead atoms. The summed E-state index contributed by atoms with van der Waals surface area (Å²) in [7, 11) is 0. The van der Waals surface area contributed by atoms with Gasteiger partial charge in [0.05, 0.1) is 17.5 Å². The van der Waals surface area contributed by atoms with Crippen LogP contribution in [0.1, 0.15) is 38.5 Å². The minimum atomic E-state index is -0.497. The maximum Gasteiger partial charge on any atom is 0.308 e. The second-order valence-electron chi connectivity index (χ2n) is 6.47. The molecule has 3 aromatic rings. The summed E-state index contributed by atoms with van der Waals surface area (Å²) in [5, 5.41) is 0.935. The van der Waals surface area contributed by atoms with Crippen LogP contribution < -0.4 is 0 Å². The highest BCUT2D eigenvalue weighted by Crippen LogP contribution is 2.24. The lowest BCUT2D eigenvalue weighted by Crippen LogP contribution is -2.32. The van der Waals surface area contributed by atoms with Crippen LogP contribution in [-0.4, -0.2) is 29.2 Å². The fraction of sp³-hybridized carbons (Fsp3) is 0.190. The number of hydrogen-bond acceptors (Lipinski definition) is 5. The number of nitrogens with zero attached hydrogens (tertiary/aromatic N) is 1. The predicted molar refractivity (Wildman–Crippen MR) is 97.2 cm³/mol. The van der Waals surface area contributed by atoms with Crippen molar-refractivity contribution in [3.8, 4) is 0 Å². The molecular formula is C21H17NO5. The molecule has 2 aromatic carbocycles. The molecule has 0 aliphatic carbocycles. The number of hydrogen-bond donors (Lipinski definition) is 0. The topological polar surface area (TPSA) is 76.8 Å². The smallest absolute Gasteiger partial charge is 0.308 e. The standard InChI is InChI=1S/C21H17NO5/c1-13-6-7-16-17(10-13)21(25)22(20(16)24)9-8-19(23)26-12-15-11-14-4-2-3-5-18(14)27-15/h2-7,10-11H,8-9,12H2,1H3. The Hall–Kier alpha value is -3.41. The van der Waals surface area contributed by atoms with Crippen molar-refractivity contribution in [3.05, 3.63) is 71.0 Å². The average molecular weight is 363 g/mol. The quantitative estimate of drug-likeness (QED) is 0.512. The monoisotopic (exact) mass is 363 g/mol. The third kappa shape index (κ3) is 3.21. The summed E-state index contributed by atoms with van der Waals surface area (Å²) < 4.78 is 10.8. The fourth-order valence-electron chi connectivity index (χ4n) is 3.14. The zero-order valence-electron chi connectivity index (χ0n) is 14.7. The molecule has 6 heteroatoms. The van der Waals surface area contributed by atoms with Crippen LogP contribution in [0.4, 0.5) is 0 Å². The van der Waals surface area contributed by atoms with Gasteiger partial charge in [-0.3, -0.25) is 19.3 Å². The van der Waals surface area contributed by atoms with Gasteiger partial charge < -0.3 is 9.15 Å². The van der Waals surface area contributed by atoms with Crippen molar-refractivity contribution in [1.29, 1.82) is 0 Å². The van der Waals surface area contributed by atoms with E-state index in [9.17, 15) is 14.4 Å². The van der Waals surface area contributed by atoms with Crippen LogP contribution in [0.15, 0.2) is 52.9 Å². The lowest BCUT2D eigenvalue weighted by Gasteiger charge is -2.12. The van der Waals surface area contributed by atoms with Gasteiger partial charge in [-0.15, -0.1) is 0 Å². The molecule has 1 aliphatic rings. The second kappa shape index (κ2) is 6.72. The largest absolute Gasteiger partial charge is 0.457 e. The van der Waals surface area contributed by atoms with Gasteiger partial charge in [0.15, 0.2) is 0 Å². The van der Waals surface area contributed by atoms with Crippen molar-refractivity contribution in [1.82, 2.24) is 4.90 Å². The molecule has 0 fully saturated rings. The number of imide groups is 1. The zero-order chi connectivity index (χ0) is 19.0. The summed E-state index contributed by atoms with van der Waals surface area (Å²) in [5.41, 5.74) is 2.39. The van der Waals surface area contributed by atoms with Gasteiger partial charge in [-0.2, -0.15) is 0 Å². The summed E-state index contributed by atoms with van der Waals surface area (Å²) in [6.07, 6.45) is -0.0648. The first-order valence-electron chi connectivity index (χ1n) is 8.63. The zero-order valence-corrected chi connectivity index (χ0v) is 14.7. The third-order valence-electron chi connectivity index (χ3n) is 4.52. The number of para-hydroxylation sites is 1. The molecule has 1 aliphatic heterocycles. The van der Waals surface area contributed by atoms with E-state index in [-0.39, 0.29) is 31.4 Å². The Kier molecular flexibility index (Phi) is 4.24. The van der Waals surface area contributed by atoms with Crippen molar-refractivity contribution in [2.75, 3.05) is 6.54 Å². The molecule has 6 nitrogen and oxygen atoms in total. The van der Waals surface area contributed by atoms with E-state index in [1.54, 1.807) is 18.2 Å². The van der Waals surface area contributed by atoms with E-state index in [4.69, 9.17) is 9.15 Å². The summed E-state index contributed by atoms with van der Waals surface area (Å²) >= 11 is 0. The van der Waals surface area contributed by atoms with Crippen molar-refractivity contribution in [3.63, 3.8) is 0 Å². The van der Waals surface area contributed by atoms with Crippen molar-refractivity contribution < 1.29 is 23.5 Å². The van der Waals surface area contributed by atoms with E-state index in [0.29, 0.717) is 16.9 Å². The highest BCUT2D eigenvalue weighted by molar-refractivity contribution is 6.21. The minimum absolute atomic E-state index is 0.00876. The van der Waals surface area contributed by atoms with Crippen molar-refractivity contribution in [2.45, 2.75) is 20.0 Å². The summed E-state index contributed by atoms with van der Waals surface area (Å²) in [6.45, 7) is 1.86. The molecule has 0 saturated heterocycles. The normalized spacial score (nSPS) is 13.3. The Morgan fingerprint density at radius 2 is 1.81 bits per heavy atom. The van der Waals surface area contributed by atoms with Gasteiger partial charge in [-0.1, -0.05) is 29.8 Å². The number of carbonyl (C=O) groups excluding carboxylic acids is 3. The van der Waals surface area contributed by atoms with Gasteiger partial charge in [-0.05, 0) is 31.2 Å². The molecule has 0 N–H and O–H groups in total. The van der Waals surface area contributed by atoms with Crippen LogP contribution in [0.3, 0.4) is 0 Å². The number of fused-ring (bicyclic) bond motifs is 2. The van der Waals surface area contributed by atoms with Crippen LogP contribution in [0, 0.1) is 6.92 Å². The van der Waals surface area contributed by atoms with E-state index >= 15 is 0 Å². The summed E-state index contributed by atoms with van der Waals surface area (Å²) in [6, 6.07) is 14.5. The van der Waals surface area contributed by atoms with Gasteiger partial charge >= 0.3 is 5.97 Å². The van der Waals surface area contributed by atoms with Crippen LogP contribution in [0.2, 0.25) is 0 Å². The van der Waals surface area contributed by atoms with Crippen molar-refractivity contribution >= 4 is 28.8 Å². The summed E-state index contributed by atoms with van der Waals surface area (Å²) in [5.74, 6) is -0.701. The Morgan fingerprint density at radius 3 is 2.63 bits per heavy atom. The first kappa shape index (κ1) is 17.0. The molecule has 2 amide bonds. The first-order valence-corrected chi connectivity index (χ1v) is 8.63. The van der Waals surface area contributed by atoms with Crippen LogP contribution >= 0.6 is 0 Å². The minimum Gasteiger partial charge on any atom is -0.457 e. The number of benzene rings is 2. The van der Waals surface area contributed by atoms with Gasteiger partial charge in [0.2, 0.25) is 0 Å². The summed E-state index contributed by atoms with van der Waals surface area (Å²) in [4.78, 5) is 37.8. The first-order chi connectivity index (χ1) is 13.0. The molecule has 136 valence electrons. The fourth-order valence-corrected chi connectivity index (χ4v) is 3.14. The molecule has 0 atom stereocenters. The van der Waals surface area contributed by atoms with E-state index in [0.717, 1.165) is 21.4 Å². The Morgan fingerprint density at radius 1 is 1.04 bits per heavy atom. The van der Waals surface area contributed by atoms with Crippen LogP contribution in [0.25, 0.3) is 11.0 Å². The van der Waals surface area contributed by atoms with E-state index in [1.165, 1.54) is 0 Å². The van der Waals surface area contributed by atoms with Crippen LogP contribution in [-0.2, 0) is 16.1 Å². The Labute approximate surface area is 155 Å².